The lowest BCUT2D eigenvalue weighted by Crippen LogP contribution is -2.42. The maximum atomic E-state index is 11.9. The number of nitrogens with zero attached hydrogens (tertiary/aromatic N) is 1. The molecule has 106 valence electrons. The van der Waals surface area contributed by atoms with E-state index in [9.17, 15) is 4.79 Å². The van der Waals surface area contributed by atoms with E-state index >= 15 is 0 Å². The zero-order valence-corrected chi connectivity index (χ0v) is 11.3. The number of piperidine rings is 1. The van der Waals surface area contributed by atoms with Crippen LogP contribution < -0.4 is 11.1 Å². The van der Waals surface area contributed by atoms with Gasteiger partial charge in [-0.25, -0.2) is 0 Å². The summed E-state index contributed by atoms with van der Waals surface area (Å²) in [6.07, 6.45) is 5.08. The van der Waals surface area contributed by atoms with Crippen LogP contribution >= 0.6 is 0 Å². The molecule has 1 saturated heterocycles. The van der Waals surface area contributed by atoms with Gasteiger partial charge < -0.3 is 15.5 Å². The Labute approximate surface area is 114 Å². The summed E-state index contributed by atoms with van der Waals surface area (Å²) in [5, 5.41) is 2.88. The smallest absolute Gasteiger partial charge is 0.234 e. The highest BCUT2D eigenvalue weighted by atomic mass is 16.3. The van der Waals surface area contributed by atoms with Gasteiger partial charge in [0.15, 0.2) is 0 Å². The van der Waals surface area contributed by atoms with E-state index in [1.54, 1.807) is 6.26 Å². The van der Waals surface area contributed by atoms with Crippen molar-refractivity contribution >= 4 is 5.91 Å². The van der Waals surface area contributed by atoms with Crippen LogP contribution in [0.2, 0.25) is 0 Å². The molecule has 0 aliphatic carbocycles. The van der Waals surface area contributed by atoms with Gasteiger partial charge in [-0.3, -0.25) is 9.69 Å². The molecular formula is C14H23N3O2. The van der Waals surface area contributed by atoms with Gasteiger partial charge in [0.1, 0.15) is 5.76 Å². The van der Waals surface area contributed by atoms with E-state index in [4.69, 9.17) is 10.2 Å². The number of rotatable bonds is 6. The number of hydrogen-bond donors (Lipinski definition) is 2. The van der Waals surface area contributed by atoms with Crippen LogP contribution in [0.1, 0.15) is 25.0 Å². The van der Waals surface area contributed by atoms with Crippen molar-refractivity contribution < 1.29 is 9.21 Å². The molecule has 0 aromatic carbocycles. The van der Waals surface area contributed by atoms with Gasteiger partial charge in [0, 0.05) is 6.54 Å². The summed E-state index contributed by atoms with van der Waals surface area (Å²) in [4.78, 5) is 14.1. The fourth-order valence-electron chi connectivity index (χ4n) is 2.62. The van der Waals surface area contributed by atoms with Crippen LogP contribution in [-0.4, -0.2) is 37.0 Å². The fraction of sp³-hybridized carbons (Fsp3) is 0.643. The highest BCUT2D eigenvalue weighted by Crippen LogP contribution is 2.18. The number of amides is 1. The van der Waals surface area contributed by atoms with E-state index < -0.39 is 0 Å². The lowest BCUT2D eigenvalue weighted by atomic mass is 9.95. The van der Waals surface area contributed by atoms with Crippen LogP contribution in [0.15, 0.2) is 22.8 Å². The van der Waals surface area contributed by atoms with Gasteiger partial charge >= 0.3 is 0 Å². The molecule has 1 fully saturated rings. The lowest BCUT2D eigenvalue weighted by Gasteiger charge is -2.32. The molecule has 0 saturated carbocycles. The van der Waals surface area contributed by atoms with E-state index in [1.807, 2.05) is 12.1 Å². The van der Waals surface area contributed by atoms with E-state index in [1.165, 1.54) is 6.42 Å². The molecule has 2 heterocycles. The van der Waals surface area contributed by atoms with Crippen LogP contribution in [0.5, 0.6) is 0 Å². The third-order valence-corrected chi connectivity index (χ3v) is 3.59. The number of carbonyl (C=O) groups is 1. The van der Waals surface area contributed by atoms with Crippen LogP contribution in [-0.2, 0) is 11.3 Å². The second-order valence-electron chi connectivity index (χ2n) is 5.18. The first-order valence-electron chi connectivity index (χ1n) is 6.99. The van der Waals surface area contributed by atoms with Crippen molar-refractivity contribution in [1.82, 2.24) is 10.2 Å². The molecule has 0 spiro atoms. The molecular weight excluding hydrogens is 242 g/mol. The molecule has 1 aromatic heterocycles. The van der Waals surface area contributed by atoms with Gasteiger partial charge in [-0.1, -0.05) is 0 Å². The van der Waals surface area contributed by atoms with Crippen molar-refractivity contribution in [3.8, 4) is 0 Å². The monoisotopic (exact) mass is 265 g/mol. The number of likely N-dealkylation sites (tertiary alicyclic amines) is 1. The lowest BCUT2D eigenvalue weighted by molar-refractivity contribution is -0.122. The highest BCUT2D eigenvalue weighted by Gasteiger charge is 2.20. The van der Waals surface area contributed by atoms with E-state index in [0.717, 1.165) is 38.2 Å². The zero-order valence-electron chi connectivity index (χ0n) is 11.3. The summed E-state index contributed by atoms with van der Waals surface area (Å²) in [7, 11) is 0. The van der Waals surface area contributed by atoms with E-state index in [-0.39, 0.29) is 5.91 Å². The van der Waals surface area contributed by atoms with Crippen molar-refractivity contribution in [2.45, 2.75) is 25.8 Å². The molecule has 1 aromatic rings. The Balaban J connectivity index is 1.69. The Hall–Kier alpha value is -1.33. The summed E-state index contributed by atoms with van der Waals surface area (Å²) in [5.41, 5.74) is 5.60. The molecule has 1 atom stereocenters. The molecule has 5 heteroatoms. The van der Waals surface area contributed by atoms with E-state index in [2.05, 4.69) is 10.2 Å². The second kappa shape index (κ2) is 7.31. The Morgan fingerprint density at radius 3 is 3.21 bits per heavy atom. The minimum absolute atomic E-state index is 0.0600. The van der Waals surface area contributed by atoms with Gasteiger partial charge in [-0.2, -0.15) is 0 Å². The van der Waals surface area contributed by atoms with Crippen LogP contribution in [0.3, 0.4) is 0 Å². The first kappa shape index (κ1) is 14.1. The van der Waals surface area contributed by atoms with Gasteiger partial charge in [0.25, 0.3) is 0 Å². The standard InChI is InChI=1S/C14H23N3O2/c15-6-5-12-3-1-7-17(10-12)11-14(18)16-9-13-4-2-8-19-13/h2,4,8,12H,1,3,5-7,9-11,15H2,(H,16,18). The summed E-state index contributed by atoms with van der Waals surface area (Å²) in [6.45, 7) is 3.68. The molecule has 1 aliphatic heterocycles. The average Bonchev–Trinajstić information content (AvgIpc) is 2.90. The molecule has 1 amide bonds. The Bertz CT molecular complexity index is 376. The zero-order chi connectivity index (χ0) is 13.5. The molecule has 0 bridgehead atoms. The second-order valence-corrected chi connectivity index (χ2v) is 5.18. The summed E-state index contributed by atoms with van der Waals surface area (Å²) in [6, 6.07) is 3.68. The van der Waals surface area contributed by atoms with Crippen molar-refractivity contribution in [1.29, 1.82) is 0 Å². The Morgan fingerprint density at radius 2 is 2.47 bits per heavy atom. The molecule has 1 aliphatic rings. The van der Waals surface area contributed by atoms with Gasteiger partial charge in [-0.05, 0) is 50.4 Å². The Kier molecular flexibility index (Phi) is 5.42. The number of nitrogens with two attached hydrogens (primary N) is 1. The SMILES string of the molecule is NCCC1CCCN(CC(=O)NCc2ccco2)C1. The summed E-state index contributed by atoms with van der Waals surface area (Å²) < 4.78 is 5.18. The predicted octanol–water partition coefficient (Wildman–Crippen LogP) is 0.957. The van der Waals surface area contributed by atoms with Crippen molar-refractivity contribution in [2.24, 2.45) is 11.7 Å². The molecule has 0 radical (unpaired) electrons. The maximum absolute atomic E-state index is 11.9. The third-order valence-electron chi connectivity index (χ3n) is 3.59. The summed E-state index contributed by atoms with van der Waals surface area (Å²) in [5.74, 6) is 1.49. The number of carbonyl (C=O) groups excluding carboxylic acids is 1. The normalized spacial score (nSPS) is 20.4. The largest absolute Gasteiger partial charge is 0.467 e. The Morgan fingerprint density at radius 1 is 1.58 bits per heavy atom. The maximum Gasteiger partial charge on any atom is 0.234 e. The van der Waals surface area contributed by atoms with Crippen molar-refractivity contribution in [2.75, 3.05) is 26.2 Å². The van der Waals surface area contributed by atoms with Crippen molar-refractivity contribution in [3.63, 3.8) is 0 Å². The quantitative estimate of drug-likeness (QED) is 0.803. The summed E-state index contributed by atoms with van der Waals surface area (Å²) >= 11 is 0. The highest BCUT2D eigenvalue weighted by molar-refractivity contribution is 5.77. The topological polar surface area (TPSA) is 71.5 Å². The average molecular weight is 265 g/mol. The molecule has 2 rings (SSSR count). The number of hydrogen-bond acceptors (Lipinski definition) is 4. The van der Waals surface area contributed by atoms with Crippen LogP contribution in [0, 0.1) is 5.92 Å². The van der Waals surface area contributed by atoms with Gasteiger partial charge in [0.05, 0.1) is 19.4 Å². The molecule has 19 heavy (non-hydrogen) atoms. The first-order chi connectivity index (χ1) is 9.28. The van der Waals surface area contributed by atoms with Crippen LogP contribution in [0.25, 0.3) is 0 Å². The third kappa shape index (κ3) is 4.69. The molecule has 3 N–H and O–H groups in total. The molecule has 1 unspecified atom stereocenters. The minimum atomic E-state index is 0.0600. The van der Waals surface area contributed by atoms with E-state index in [0.29, 0.717) is 19.0 Å². The van der Waals surface area contributed by atoms with Crippen molar-refractivity contribution in [3.05, 3.63) is 24.2 Å². The van der Waals surface area contributed by atoms with Gasteiger partial charge in [-0.15, -0.1) is 0 Å². The number of furan rings is 1. The molecule has 5 nitrogen and oxygen atoms in total. The van der Waals surface area contributed by atoms with Gasteiger partial charge in [0.2, 0.25) is 5.91 Å². The van der Waals surface area contributed by atoms with Crippen LogP contribution in [0.4, 0.5) is 0 Å². The number of nitrogens with one attached hydrogen (secondary N) is 1. The minimum Gasteiger partial charge on any atom is -0.467 e. The first-order valence-corrected chi connectivity index (χ1v) is 6.99. The fourth-order valence-corrected chi connectivity index (χ4v) is 2.62. The predicted molar refractivity (Wildman–Crippen MR) is 73.4 cm³/mol.